The van der Waals surface area contributed by atoms with Crippen LogP contribution in [0.5, 0.6) is 0 Å². The van der Waals surface area contributed by atoms with Gasteiger partial charge in [0.2, 0.25) is 11.7 Å². The summed E-state index contributed by atoms with van der Waals surface area (Å²) in [5.74, 6) is 2.05. The number of pyridine rings is 1. The van der Waals surface area contributed by atoms with Crippen molar-refractivity contribution in [1.29, 1.82) is 0 Å². The van der Waals surface area contributed by atoms with Crippen molar-refractivity contribution >= 4 is 0 Å². The van der Waals surface area contributed by atoms with Gasteiger partial charge in [-0.2, -0.15) is 4.98 Å². The number of aryl methyl sites for hydroxylation is 1. The molecular weight excluding hydrogens is 252 g/mol. The predicted molar refractivity (Wildman–Crippen MR) is 76.2 cm³/mol. The zero-order valence-electron chi connectivity index (χ0n) is 12.0. The van der Waals surface area contributed by atoms with Gasteiger partial charge in [0, 0.05) is 18.7 Å². The molecule has 0 aliphatic heterocycles. The van der Waals surface area contributed by atoms with Gasteiger partial charge in [-0.05, 0) is 43.9 Å². The van der Waals surface area contributed by atoms with Crippen molar-refractivity contribution in [1.82, 2.24) is 20.4 Å². The summed E-state index contributed by atoms with van der Waals surface area (Å²) in [6.07, 6.45) is 6.07. The molecule has 20 heavy (non-hydrogen) atoms. The van der Waals surface area contributed by atoms with E-state index in [1.165, 1.54) is 12.8 Å². The monoisotopic (exact) mass is 272 g/mol. The normalized spacial score (nSPS) is 16.3. The van der Waals surface area contributed by atoms with Crippen LogP contribution in [0.1, 0.15) is 31.2 Å². The van der Waals surface area contributed by atoms with E-state index in [1.54, 1.807) is 6.20 Å². The Kier molecular flexibility index (Phi) is 3.78. The molecule has 1 atom stereocenters. The van der Waals surface area contributed by atoms with Crippen LogP contribution < -0.4 is 5.32 Å². The number of likely N-dealkylation sites (N-methyl/N-ethyl adjacent to an activating group) is 1. The minimum atomic E-state index is 0.442. The Morgan fingerprint density at radius 2 is 2.30 bits per heavy atom. The summed E-state index contributed by atoms with van der Waals surface area (Å²) in [6, 6.07) is 4.43. The van der Waals surface area contributed by atoms with Crippen molar-refractivity contribution in [2.24, 2.45) is 5.92 Å². The van der Waals surface area contributed by atoms with Gasteiger partial charge in [-0.25, -0.2) is 0 Å². The van der Waals surface area contributed by atoms with Crippen LogP contribution in [0.25, 0.3) is 11.5 Å². The lowest BCUT2D eigenvalue weighted by Gasteiger charge is -2.11. The quantitative estimate of drug-likeness (QED) is 0.873. The van der Waals surface area contributed by atoms with E-state index in [0.717, 1.165) is 30.0 Å². The number of aromatic nitrogens is 3. The largest absolute Gasteiger partial charge is 0.339 e. The topological polar surface area (TPSA) is 63.8 Å². The molecule has 5 heteroatoms. The standard InChI is InChI=1S/C15H20N4O/c1-3-10-5-4-8-17-14(10)15-18-13(20-19-15)9-12(16-2)11-6-7-11/h4-5,8,11-12,16H,3,6-7,9H2,1-2H3. The lowest BCUT2D eigenvalue weighted by molar-refractivity contribution is 0.352. The van der Waals surface area contributed by atoms with Crippen LogP contribution in [-0.4, -0.2) is 28.2 Å². The Hall–Kier alpha value is -1.75. The zero-order chi connectivity index (χ0) is 13.9. The first-order valence-electron chi connectivity index (χ1n) is 7.26. The molecule has 1 N–H and O–H groups in total. The van der Waals surface area contributed by atoms with Gasteiger partial charge in [0.15, 0.2) is 0 Å². The van der Waals surface area contributed by atoms with Gasteiger partial charge in [-0.3, -0.25) is 4.98 Å². The molecule has 1 fully saturated rings. The molecule has 0 aromatic carbocycles. The first-order valence-corrected chi connectivity index (χ1v) is 7.26. The van der Waals surface area contributed by atoms with Crippen LogP contribution in [0.3, 0.4) is 0 Å². The first kappa shape index (κ1) is 13.2. The fourth-order valence-corrected chi connectivity index (χ4v) is 2.55. The van der Waals surface area contributed by atoms with Crippen LogP contribution in [0.4, 0.5) is 0 Å². The lowest BCUT2D eigenvalue weighted by Crippen LogP contribution is -2.29. The number of nitrogens with one attached hydrogen (secondary N) is 1. The van der Waals surface area contributed by atoms with Gasteiger partial charge in [-0.15, -0.1) is 0 Å². The smallest absolute Gasteiger partial charge is 0.228 e. The molecule has 1 unspecified atom stereocenters. The first-order chi connectivity index (χ1) is 9.81. The van der Waals surface area contributed by atoms with E-state index in [-0.39, 0.29) is 0 Å². The summed E-state index contributed by atoms with van der Waals surface area (Å²) >= 11 is 0. The van der Waals surface area contributed by atoms with E-state index >= 15 is 0 Å². The molecule has 1 saturated carbocycles. The summed E-state index contributed by atoms with van der Waals surface area (Å²) in [4.78, 5) is 8.89. The molecule has 0 amide bonds. The fraction of sp³-hybridized carbons (Fsp3) is 0.533. The summed E-state index contributed by atoms with van der Waals surface area (Å²) in [5.41, 5.74) is 1.98. The van der Waals surface area contributed by atoms with E-state index < -0.39 is 0 Å². The maximum atomic E-state index is 5.39. The molecule has 2 aromatic rings. The number of nitrogens with zero attached hydrogens (tertiary/aromatic N) is 3. The van der Waals surface area contributed by atoms with Gasteiger partial charge in [0.05, 0.1) is 0 Å². The van der Waals surface area contributed by atoms with Crippen LogP contribution in [-0.2, 0) is 12.8 Å². The number of hydrogen-bond donors (Lipinski definition) is 1. The molecule has 2 heterocycles. The third-order valence-corrected chi connectivity index (χ3v) is 3.91. The highest BCUT2D eigenvalue weighted by Gasteiger charge is 2.31. The third-order valence-electron chi connectivity index (χ3n) is 3.91. The van der Waals surface area contributed by atoms with Gasteiger partial charge in [0.1, 0.15) is 5.69 Å². The van der Waals surface area contributed by atoms with Crippen molar-refractivity contribution in [2.75, 3.05) is 7.05 Å². The number of hydrogen-bond acceptors (Lipinski definition) is 5. The molecule has 2 aromatic heterocycles. The Morgan fingerprint density at radius 3 is 3.00 bits per heavy atom. The van der Waals surface area contributed by atoms with Crippen LogP contribution in [0.15, 0.2) is 22.9 Å². The minimum Gasteiger partial charge on any atom is -0.339 e. The van der Waals surface area contributed by atoms with E-state index in [9.17, 15) is 0 Å². The lowest BCUT2D eigenvalue weighted by atomic mass is 10.1. The van der Waals surface area contributed by atoms with Gasteiger partial charge < -0.3 is 9.84 Å². The van der Waals surface area contributed by atoms with Crippen molar-refractivity contribution in [3.05, 3.63) is 29.8 Å². The third kappa shape index (κ3) is 2.72. The van der Waals surface area contributed by atoms with E-state index in [1.807, 2.05) is 13.1 Å². The average Bonchev–Trinajstić information content (AvgIpc) is 3.23. The highest BCUT2D eigenvalue weighted by molar-refractivity contribution is 5.53. The minimum absolute atomic E-state index is 0.442. The molecule has 5 nitrogen and oxygen atoms in total. The Labute approximate surface area is 118 Å². The van der Waals surface area contributed by atoms with E-state index in [0.29, 0.717) is 17.8 Å². The van der Waals surface area contributed by atoms with Crippen molar-refractivity contribution < 1.29 is 4.52 Å². The maximum Gasteiger partial charge on any atom is 0.228 e. The molecule has 0 saturated heterocycles. The molecule has 1 aliphatic rings. The van der Waals surface area contributed by atoms with E-state index in [2.05, 4.69) is 33.4 Å². The van der Waals surface area contributed by atoms with Gasteiger partial charge in [0.25, 0.3) is 0 Å². The van der Waals surface area contributed by atoms with Crippen molar-refractivity contribution in [3.8, 4) is 11.5 Å². The highest BCUT2D eigenvalue weighted by Crippen LogP contribution is 2.33. The average molecular weight is 272 g/mol. The molecule has 0 bridgehead atoms. The summed E-state index contributed by atoms with van der Waals surface area (Å²) in [6.45, 7) is 2.10. The second-order valence-electron chi connectivity index (χ2n) is 5.31. The molecule has 1 aliphatic carbocycles. The van der Waals surface area contributed by atoms with Crippen LogP contribution in [0, 0.1) is 5.92 Å². The molecule has 0 radical (unpaired) electrons. The second-order valence-corrected chi connectivity index (χ2v) is 5.31. The SMILES string of the molecule is CCc1cccnc1-c1noc(CC(NC)C2CC2)n1. The number of rotatable bonds is 6. The van der Waals surface area contributed by atoms with Crippen LogP contribution >= 0.6 is 0 Å². The maximum absolute atomic E-state index is 5.39. The Balaban J connectivity index is 1.79. The summed E-state index contributed by atoms with van der Waals surface area (Å²) in [7, 11) is 1.99. The molecule has 0 spiro atoms. The Bertz CT molecular complexity index is 577. The second kappa shape index (κ2) is 5.71. The zero-order valence-corrected chi connectivity index (χ0v) is 12.0. The predicted octanol–water partition coefficient (Wildman–Crippen LogP) is 2.23. The van der Waals surface area contributed by atoms with Crippen molar-refractivity contribution in [3.63, 3.8) is 0 Å². The molecule has 106 valence electrons. The molecular formula is C15H20N4O. The van der Waals surface area contributed by atoms with Gasteiger partial charge >= 0.3 is 0 Å². The summed E-state index contributed by atoms with van der Waals surface area (Å²) in [5, 5.41) is 7.43. The van der Waals surface area contributed by atoms with Crippen molar-refractivity contribution in [2.45, 2.75) is 38.6 Å². The summed E-state index contributed by atoms with van der Waals surface area (Å²) < 4.78 is 5.39. The van der Waals surface area contributed by atoms with Gasteiger partial charge in [-0.1, -0.05) is 18.1 Å². The highest BCUT2D eigenvalue weighted by atomic mass is 16.5. The van der Waals surface area contributed by atoms with Crippen LogP contribution in [0.2, 0.25) is 0 Å². The molecule has 3 rings (SSSR count). The fourth-order valence-electron chi connectivity index (χ4n) is 2.55. The Morgan fingerprint density at radius 1 is 1.45 bits per heavy atom. The van der Waals surface area contributed by atoms with E-state index in [4.69, 9.17) is 4.52 Å².